The van der Waals surface area contributed by atoms with Gasteiger partial charge >= 0.3 is 0 Å². The number of aliphatic hydroxyl groups excluding tert-OH is 1. The van der Waals surface area contributed by atoms with Crippen LogP contribution in [0.15, 0.2) is 34.9 Å². The molecule has 10 nitrogen and oxygen atoms in total. The van der Waals surface area contributed by atoms with Gasteiger partial charge in [0.15, 0.2) is 0 Å². The van der Waals surface area contributed by atoms with Gasteiger partial charge in [-0.15, -0.1) is 0 Å². The second-order valence-corrected chi connectivity index (χ2v) is 7.14. The Morgan fingerprint density at radius 1 is 1.41 bits per heavy atom. The van der Waals surface area contributed by atoms with Gasteiger partial charge in [0.2, 0.25) is 11.8 Å². The number of nitrogens with one attached hydrogen (secondary N) is 1. The van der Waals surface area contributed by atoms with Gasteiger partial charge in [-0.1, -0.05) is 17.3 Å². The number of nitro groups is 1. The number of hydrogen-bond donors (Lipinski definition) is 2. The van der Waals surface area contributed by atoms with E-state index in [4.69, 9.17) is 4.52 Å². The number of aromatic nitrogens is 1. The van der Waals surface area contributed by atoms with Crippen LogP contribution in [0.1, 0.15) is 36.4 Å². The lowest BCUT2D eigenvalue weighted by molar-refractivity contribution is -0.384. The van der Waals surface area contributed by atoms with Gasteiger partial charge in [-0.25, -0.2) is 0 Å². The summed E-state index contributed by atoms with van der Waals surface area (Å²) in [6, 6.07) is 6.30. The largest absolute Gasteiger partial charge is 0.391 e. The Hall–Kier alpha value is -3.27. The molecule has 1 saturated heterocycles. The van der Waals surface area contributed by atoms with E-state index in [9.17, 15) is 24.8 Å². The summed E-state index contributed by atoms with van der Waals surface area (Å²) in [7, 11) is 0. The molecule has 2 heterocycles. The minimum Gasteiger partial charge on any atom is -0.391 e. The topological polar surface area (TPSA) is 139 Å². The molecule has 1 aliphatic rings. The molecule has 0 radical (unpaired) electrons. The molecule has 1 aromatic carbocycles. The van der Waals surface area contributed by atoms with Crippen molar-refractivity contribution in [2.24, 2.45) is 0 Å². The van der Waals surface area contributed by atoms with E-state index in [2.05, 4.69) is 10.5 Å². The summed E-state index contributed by atoms with van der Waals surface area (Å²) < 4.78 is 5.06. The van der Waals surface area contributed by atoms with Gasteiger partial charge in [0.05, 0.1) is 29.2 Å². The molecule has 1 aliphatic heterocycles. The minimum absolute atomic E-state index is 0.0365. The van der Waals surface area contributed by atoms with E-state index >= 15 is 0 Å². The Bertz CT molecular complexity index is 910. The number of benzene rings is 1. The van der Waals surface area contributed by atoms with Crippen molar-refractivity contribution in [2.45, 2.75) is 44.9 Å². The van der Waals surface area contributed by atoms with Crippen molar-refractivity contribution in [3.05, 3.63) is 57.5 Å². The summed E-state index contributed by atoms with van der Waals surface area (Å²) in [5, 5.41) is 27.3. The average Bonchev–Trinajstić information content (AvgIpc) is 3.27. The summed E-state index contributed by atoms with van der Waals surface area (Å²) in [5.41, 5.74) is 1.31. The Labute approximate surface area is 166 Å². The molecule has 0 spiro atoms. The molecular weight excluding hydrogens is 380 g/mol. The second kappa shape index (κ2) is 8.39. The third-order valence-corrected chi connectivity index (χ3v) is 4.87. The standard InChI is InChI=1S/C19H22N4O6/c1-11-7-16(29-21-11)9-18(25)22-10-15(24)8-17(22)19(26)20-12(2)13-3-5-14(6-4-13)23(27)28/h3-7,12,15,17,24H,8-10H2,1-2H3,(H,20,26)/t12-,15+,17-/m0/s1. The van der Waals surface area contributed by atoms with Gasteiger partial charge in [-0.3, -0.25) is 19.7 Å². The normalized spacial score (nSPS) is 19.8. The van der Waals surface area contributed by atoms with Gasteiger partial charge in [0, 0.05) is 31.2 Å². The molecule has 154 valence electrons. The van der Waals surface area contributed by atoms with Gasteiger partial charge in [-0.2, -0.15) is 0 Å². The number of nitrogens with zero attached hydrogens (tertiary/aromatic N) is 3. The number of aliphatic hydroxyl groups is 1. The molecule has 0 bridgehead atoms. The van der Waals surface area contributed by atoms with Crippen LogP contribution in [0.2, 0.25) is 0 Å². The molecular formula is C19H22N4O6. The van der Waals surface area contributed by atoms with E-state index in [1.165, 1.54) is 17.0 Å². The maximum atomic E-state index is 12.8. The molecule has 3 atom stereocenters. The molecule has 29 heavy (non-hydrogen) atoms. The van der Waals surface area contributed by atoms with Crippen molar-refractivity contribution in [3.63, 3.8) is 0 Å². The summed E-state index contributed by atoms with van der Waals surface area (Å²) in [6.45, 7) is 3.55. The third-order valence-electron chi connectivity index (χ3n) is 4.87. The van der Waals surface area contributed by atoms with Crippen molar-refractivity contribution in [1.82, 2.24) is 15.4 Å². The smallest absolute Gasteiger partial charge is 0.269 e. The number of nitro benzene ring substituents is 1. The predicted molar refractivity (Wildman–Crippen MR) is 101 cm³/mol. The first-order chi connectivity index (χ1) is 13.7. The summed E-state index contributed by atoms with van der Waals surface area (Å²) in [6.07, 6.45) is -0.698. The number of carbonyl (C=O) groups excluding carboxylic acids is 2. The fourth-order valence-corrected chi connectivity index (χ4v) is 3.37. The van der Waals surface area contributed by atoms with E-state index in [0.29, 0.717) is 17.0 Å². The number of aryl methyl sites for hydroxylation is 1. The zero-order valence-corrected chi connectivity index (χ0v) is 16.1. The van der Waals surface area contributed by atoms with E-state index in [-0.39, 0.29) is 31.0 Å². The van der Waals surface area contributed by atoms with Gasteiger partial charge in [-0.05, 0) is 19.4 Å². The highest BCUT2D eigenvalue weighted by Crippen LogP contribution is 2.22. The van der Waals surface area contributed by atoms with Crippen molar-refractivity contribution < 1.29 is 24.1 Å². The third kappa shape index (κ3) is 4.77. The van der Waals surface area contributed by atoms with Gasteiger partial charge in [0.25, 0.3) is 5.69 Å². The number of β-amino-alcohol motifs (C(OH)–C–C–N with tert-alkyl or cyclic N) is 1. The van der Waals surface area contributed by atoms with E-state index in [1.807, 2.05) is 0 Å². The maximum absolute atomic E-state index is 12.8. The molecule has 2 aromatic rings. The number of amides is 2. The van der Waals surface area contributed by atoms with Gasteiger partial charge < -0.3 is 19.8 Å². The monoisotopic (exact) mass is 402 g/mol. The molecule has 2 amide bonds. The minimum atomic E-state index is -0.804. The number of likely N-dealkylation sites (tertiary alicyclic amines) is 1. The lowest BCUT2D eigenvalue weighted by Gasteiger charge is -2.25. The molecule has 3 rings (SSSR count). The first-order valence-corrected chi connectivity index (χ1v) is 9.19. The fourth-order valence-electron chi connectivity index (χ4n) is 3.37. The molecule has 0 saturated carbocycles. The van der Waals surface area contributed by atoms with E-state index in [1.54, 1.807) is 32.0 Å². The van der Waals surface area contributed by atoms with Crippen molar-refractivity contribution >= 4 is 17.5 Å². The molecule has 0 aliphatic carbocycles. The van der Waals surface area contributed by atoms with Crippen LogP contribution in [-0.4, -0.2) is 50.6 Å². The Balaban J connectivity index is 1.65. The number of hydrogen-bond acceptors (Lipinski definition) is 7. The Morgan fingerprint density at radius 3 is 2.69 bits per heavy atom. The lowest BCUT2D eigenvalue weighted by Crippen LogP contribution is -2.47. The summed E-state index contributed by atoms with van der Waals surface area (Å²) in [5.74, 6) is -0.331. The zero-order valence-electron chi connectivity index (χ0n) is 16.1. The van der Waals surface area contributed by atoms with Crippen molar-refractivity contribution in [2.75, 3.05) is 6.54 Å². The quantitative estimate of drug-likeness (QED) is 0.548. The van der Waals surface area contributed by atoms with Crippen molar-refractivity contribution in [1.29, 1.82) is 0 Å². The lowest BCUT2D eigenvalue weighted by atomic mass is 10.1. The SMILES string of the molecule is Cc1cc(CC(=O)N2C[C@H](O)C[C@H]2C(=O)N[C@@H](C)c2ccc([N+](=O)[O-])cc2)on1. The van der Waals surface area contributed by atoms with Crippen molar-refractivity contribution in [3.8, 4) is 0 Å². The first kappa shape index (κ1) is 20.5. The van der Waals surface area contributed by atoms with Crippen LogP contribution in [-0.2, 0) is 16.0 Å². The van der Waals surface area contributed by atoms with Crippen LogP contribution < -0.4 is 5.32 Å². The fraction of sp³-hybridized carbons (Fsp3) is 0.421. The number of rotatable bonds is 6. The van der Waals surface area contributed by atoms with Gasteiger partial charge in [0.1, 0.15) is 11.8 Å². The first-order valence-electron chi connectivity index (χ1n) is 9.19. The van der Waals surface area contributed by atoms with Crippen LogP contribution >= 0.6 is 0 Å². The highest BCUT2D eigenvalue weighted by Gasteiger charge is 2.39. The van der Waals surface area contributed by atoms with Crippen LogP contribution in [0.3, 0.4) is 0 Å². The average molecular weight is 402 g/mol. The number of non-ortho nitro benzene ring substituents is 1. The van der Waals surface area contributed by atoms with Crippen LogP contribution in [0.4, 0.5) is 5.69 Å². The molecule has 10 heteroatoms. The molecule has 0 unspecified atom stereocenters. The zero-order chi connectivity index (χ0) is 21.1. The van der Waals surface area contributed by atoms with E-state index < -0.39 is 29.0 Å². The molecule has 2 N–H and O–H groups in total. The maximum Gasteiger partial charge on any atom is 0.269 e. The predicted octanol–water partition coefficient (Wildman–Crippen LogP) is 1.27. The summed E-state index contributed by atoms with van der Waals surface area (Å²) in [4.78, 5) is 37.0. The van der Waals surface area contributed by atoms with E-state index in [0.717, 1.165) is 0 Å². The second-order valence-electron chi connectivity index (χ2n) is 7.14. The highest BCUT2D eigenvalue weighted by atomic mass is 16.6. The van der Waals surface area contributed by atoms with Crippen LogP contribution in [0.25, 0.3) is 0 Å². The van der Waals surface area contributed by atoms with Crippen LogP contribution in [0, 0.1) is 17.0 Å². The summed E-state index contributed by atoms with van der Waals surface area (Å²) >= 11 is 0. The Morgan fingerprint density at radius 2 is 2.10 bits per heavy atom. The Kier molecular flexibility index (Phi) is 5.92. The molecule has 1 aromatic heterocycles. The van der Waals surface area contributed by atoms with Crippen LogP contribution in [0.5, 0.6) is 0 Å². The highest BCUT2D eigenvalue weighted by molar-refractivity contribution is 5.89. The molecule has 1 fully saturated rings. The number of carbonyl (C=O) groups is 2.